The van der Waals surface area contributed by atoms with Gasteiger partial charge in [-0.25, -0.2) is 4.39 Å². The van der Waals surface area contributed by atoms with E-state index in [2.05, 4.69) is 23.2 Å². The Morgan fingerprint density at radius 3 is 2.68 bits per heavy atom. The van der Waals surface area contributed by atoms with Crippen LogP contribution in [0.15, 0.2) is 18.2 Å². The second kappa shape index (κ2) is 5.49. The van der Waals surface area contributed by atoms with Gasteiger partial charge in [-0.05, 0) is 50.2 Å². The summed E-state index contributed by atoms with van der Waals surface area (Å²) in [5, 5.41) is 3.50. The molecule has 0 bridgehead atoms. The number of nitrogens with one attached hydrogen (secondary N) is 1. The second-order valence-corrected chi connectivity index (χ2v) is 5.88. The van der Waals surface area contributed by atoms with Gasteiger partial charge < -0.3 is 10.2 Å². The molecule has 0 amide bonds. The zero-order chi connectivity index (χ0) is 13.2. The van der Waals surface area contributed by atoms with Crippen molar-refractivity contribution < 1.29 is 4.39 Å². The zero-order valence-corrected chi connectivity index (χ0v) is 11.7. The highest BCUT2D eigenvalue weighted by molar-refractivity contribution is 5.55. The van der Waals surface area contributed by atoms with Crippen LogP contribution in [-0.4, -0.2) is 19.1 Å². The highest BCUT2D eigenvalue weighted by Crippen LogP contribution is 2.33. The number of hydrogen-bond acceptors (Lipinski definition) is 2. The van der Waals surface area contributed by atoms with E-state index in [4.69, 9.17) is 0 Å². The smallest absolute Gasteiger partial charge is 0.146 e. The minimum absolute atomic E-state index is 0.0717. The fourth-order valence-electron chi connectivity index (χ4n) is 2.59. The van der Waals surface area contributed by atoms with Crippen LogP contribution in [0.25, 0.3) is 0 Å². The molecule has 1 N–H and O–H groups in total. The van der Waals surface area contributed by atoms with Crippen molar-refractivity contribution in [1.82, 2.24) is 5.32 Å². The van der Waals surface area contributed by atoms with Gasteiger partial charge in [0.1, 0.15) is 5.82 Å². The lowest BCUT2D eigenvalue weighted by molar-refractivity contribution is 0.604. The van der Waals surface area contributed by atoms with Crippen LogP contribution in [0.3, 0.4) is 0 Å². The van der Waals surface area contributed by atoms with Crippen molar-refractivity contribution in [2.45, 2.75) is 45.2 Å². The molecule has 104 valence electrons. The normalized spacial score (nSPS) is 18.6. The maximum Gasteiger partial charge on any atom is 0.146 e. The van der Waals surface area contributed by atoms with E-state index in [0.29, 0.717) is 6.04 Å². The maximum absolute atomic E-state index is 14.2. The van der Waals surface area contributed by atoms with Crippen molar-refractivity contribution in [1.29, 1.82) is 0 Å². The van der Waals surface area contributed by atoms with Crippen molar-refractivity contribution in [2.24, 2.45) is 5.92 Å². The van der Waals surface area contributed by atoms with Crippen LogP contribution >= 0.6 is 0 Å². The molecule has 0 saturated heterocycles. The fourth-order valence-corrected chi connectivity index (χ4v) is 2.59. The molecule has 0 aliphatic heterocycles. The Morgan fingerprint density at radius 2 is 2.05 bits per heavy atom. The molecule has 0 unspecified atom stereocenters. The molecule has 2 fully saturated rings. The monoisotopic (exact) mass is 262 g/mol. The lowest BCUT2D eigenvalue weighted by atomic mass is 10.1. The van der Waals surface area contributed by atoms with Crippen LogP contribution < -0.4 is 10.2 Å². The minimum atomic E-state index is -0.0717. The average Bonchev–Trinajstić information content (AvgIpc) is 3.28. The number of para-hydroxylation sites is 1. The molecule has 0 atom stereocenters. The Balaban J connectivity index is 1.78. The van der Waals surface area contributed by atoms with Gasteiger partial charge in [-0.3, -0.25) is 0 Å². The van der Waals surface area contributed by atoms with Crippen LogP contribution in [0.4, 0.5) is 10.1 Å². The number of rotatable bonds is 7. The van der Waals surface area contributed by atoms with Crippen LogP contribution in [-0.2, 0) is 6.54 Å². The molecule has 19 heavy (non-hydrogen) atoms. The zero-order valence-electron chi connectivity index (χ0n) is 11.7. The summed E-state index contributed by atoms with van der Waals surface area (Å²) in [6, 6.07) is 6.14. The molecule has 1 aromatic rings. The fraction of sp³-hybridized carbons (Fsp3) is 0.625. The van der Waals surface area contributed by atoms with E-state index in [1.165, 1.54) is 25.7 Å². The maximum atomic E-state index is 14.2. The number of halogens is 1. The molecule has 2 nitrogen and oxygen atoms in total. The second-order valence-electron chi connectivity index (χ2n) is 5.88. The molecule has 0 radical (unpaired) electrons. The molecule has 2 saturated carbocycles. The molecular weight excluding hydrogens is 239 g/mol. The average molecular weight is 262 g/mol. The molecule has 0 spiro atoms. The molecule has 2 aliphatic rings. The molecule has 3 heteroatoms. The van der Waals surface area contributed by atoms with E-state index in [1.54, 1.807) is 6.07 Å². The summed E-state index contributed by atoms with van der Waals surface area (Å²) < 4.78 is 14.2. The molecule has 0 heterocycles. The largest absolute Gasteiger partial charge is 0.369 e. The number of benzene rings is 1. The third-order valence-corrected chi connectivity index (χ3v) is 4.10. The summed E-state index contributed by atoms with van der Waals surface area (Å²) in [6.45, 7) is 4.80. The van der Waals surface area contributed by atoms with Crippen LogP contribution in [0.5, 0.6) is 0 Å². The minimum Gasteiger partial charge on any atom is -0.369 e. The summed E-state index contributed by atoms with van der Waals surface area (Å²) in [4.78, 5) is 2.22. The first-order valence-corrected chi connectivity index (χ1v) is 7.53. The molecule has 1 aromatic carbocycles. The van der Waals surface area contributed by atoms with Crippen LogP contribution in [0, 0.1) is 11.7 Å². The van der Waals surface area contributed by atoms with E-state index in [0.717, 1.165) is 36.8 Å². The Kier molecular flexibility index (Phi) is 3.74. The quantitative estimate of drug-likeness (QED) is 0.811. The van der Waals surface area contributed by atoms with Gasteiger partial charge in [0.25, 0.3) is 0 Å². The lowest BCUT2D eigenvalue weighted by Gasteiger charge is -2.26. The van der Waals surface area contributed by atoms with E-state index in [1.807, 2.05) is 6.07 Å². The summed E-state index contributed by atoms with van der Waals surface area (Å²) in [7, 11) is 0. The van der Waals surface area contributed by atoms with Gasteiger partial charge in [0.05, 0.1) is 5.69 Å². The number of anilines is 1. The highest BCUT2D eigenvalue weighted by Gasteiger charge is 2.26. The van der Waals surface area contributed by atoms with Crippen LogP contribution in [0.1, 0.15) is 38.2 Å². The first kappa shape index (κ1) is 12.9. The van der Waals surface area contributed by atoms with Crippen molar-refractivity contribution >= 4 is 5.69 Å². The first-order valence-electron chi connectivity index (χ1n) is 7.53. The molecular formula is C16H23FN2. The summed E-state index contributed by atoms with van der Waals surface area (Å²) in [5.41, 5.74) is 1.93. The van der Waals surface area contributed by atoms with E-state index >= 15 is 0 Å². The van der Waals surface area contributed by atoms with Gasteiger partial charge in [-0.2, -0.15) is 0 Å². The van der Waals surface area contributed by atoms with E-state index < -0.39 is 0 Å². The molecule has 0 aromatic heterocycles. The van der Waals surface area contributed by atoms with E-state index in [-0.39, 0.29) is 5.82 Å². The highest BCUT2D eigenvalue weighted by atomic mass is 19.1. The number of hydrogen-bond donors (Lipinski definition) is 1. The van der Waals surface area contributed by atoms with Crippen molar-refractivity contribution in [3.8, 4) is 0 Å². The van der Waals surface area contributed by atoms with E-state index in [9.17, 15) is 4.39 Å². The Bertz CT molecular complexity index is 438. The van der Waals surface area contributed by atoms with Gasteiger partial charge in [0, 0.05) is 25.7 Å². The Hall–Kier alpha value is -1.09. The van der Waals surface area contributed by atoms with Gasteiger partial charge in [-0.15, -0.1) is 0 Å². The number of nitrogens with zero attached hydrogens (tertiary/aromatic N) is 1. The Labute approximate surface area is 115 Å². The van der Waals surface area contributed by atoms with Crippen molar-refractivity contribution in [3.63, 3.8) is 0 Å². The summed E-state index contributed by atoms with van der Waals surface area (Å²) >= 11 is 0. The summed E-state index contributed by atoms with van der Waals surface area (Å²) in [6.07, 6.45) is 5.15. The standard InChI is InChI=1S/C16H23FN2/c1-2-19(11-12-6-7-12)16-13(4-3-5-15(16)17)10-18-14-8-9-14/h3-5,12,14,18H,2,6-11H2,1H3. The predicted octanol–water partition coefficient (Wildman–Crippen LogP) is 3.31. The van der Waals surface area contributed by atoms with Crippen molar-refractivity contribution in [3.05, 3.63) is 29.6 Å². The topological polar surface area (TPSA) is 15.3 Å². The van der Waals surface area contributed by atoms with Gasteiger partial charge >= 0.3 is 0 Å². The van der Waals surface area contributed by atoms with Crippen LogP contribution in [0.2, 0.25) is 0 Å². The SMILES string of the molecule is CCN(CC1CC1)c1c(F)cccc1CNC1CC1. The molecule has 3 rings (SSSR count). The van der Waals surface area contributed by atoms with Gasteiger partial charge in [0.15, 0.2) is 0 Å². The first-order chi connectivity index (χ1) is 9.28. The Morgan fingerprint density at radius 1 is 1.26 bits per heavy atom. The predicted molar refractivity (Wildman–Crippen MR) is 76.9 cm³/mol. The third-order valence-electron chi connectivity index (χ3n) is 4.10. The summed E-state index contributed by atoms with van der Waals surface area (Å²) in [5.74, 6) is 0.710. The van der Waals surface area contributed by atoms with Crippen molar-refractivity contribution in [2.75, 3.05) is 18.0 Å². The molecule has 2 aliphatic carbocycles. The van der Waals surface area contributed by atoms with Gasteiger partial charge in [0.2, 0.25) is 0 Å². The third kappa shape index (κ3) is 3.27. The van der Waals surface area contributed by atoms with Gasteiger partial charge in [-0.1, -0.05) is 12.1 Å². The lowest BCUT2D eigenvalue weighted by Crippen LogP contribution is -2.28.